The number of ether oxygens (including phenoxy) is 7. The van der Waals surface area contributed by atoms with Gasteiger partial charge in [0, 0.05) is 52.2 Å². The number of nitrogens with zero attached hydrogens (tertiary/aromatic N) is 2. The number of hydrogen-bond acceptors (Lipinski definition) is 15. The van der Waals surface area contributed by atoms with E-state index in [1.165, 1.54) is 14.0 Å². The largest absolute Gasteiger partial charge is 0.483 e. The zero-order valence-electron chi connectivity index (χ0n) is 44.1. The Kier molecular flexibility index (Phi) is 20.6. The molecule has 1 aromatic rings. The summed E-state index contributed by atoms with van der Waals surface area (Å²) in [5.74, 6) is -2.34. The molecule has 0 aliphatic carbocycles. The number of para-hydroxylation sites is 1. The molecule has 392 valence electrons. The third-order valence-electron chi connectivity index (χ3n) is 15.2. The van der Waals surface area contributed by atoms with Crippen LogP contribution in [-0.4, -0.2) is 179 Å². The number of cyclic esters (lactones) is 1. The van der Waals surface area contributed by atoms with Crippen molar-refractivity contribution in [3.05, 3.63) is 30.3 Å². The lowest BCUT2D eigenvalue weighted by atomic mass is 9.75. The summed E-state index contributed by atoms with van der Waals surface area (Å²) in [4.78, 5) is 32.0. The van der Waals surface area contributed by atoms with Gasteiger partial charge in [-0.05, 0) is 119 Å². The number of aliphatic hydroxyl groups excluding tert-OH is 1. The quantitative estimate of drug-likeness (QED) is 0.109. The zero-order chi connectivity index (χ0) is 51.1. The lowest BCUT2D eigenvalue weighted by Crippen LogP contribution is -2.70. The van der Waals surface area contributed by atoms with Gasteiger partial charge >= 0.3 is 12.0 Å². The Hall–Kier alpha value is -2.68. The molecule has 0 saturated carbocycles. The van der Waals surface area contributed by atoms with Gasteiger partial charge in [-0.1, -0.05) is 45.9 Å². The Morgan fingerprint density at radius 1 is 0.956 bits per heavy atom. The standard InChI is InChI=1S/C51H90N4O13/c1-17-24-52-29-51(61)36(10)64-40(27-49(51,12)62-16)67-41-33(7)44(48(11,59)26-31(5)28-53-35(9)43(56)50(13,60)39(18-2)66-45(57)34(41)8)68-46-42(65-37-22-20-19-21-23-37)38(25-32(6)63-46)55(15)47(58)54(14)30(3)4/h19-23,30-36,38-44,46,52-53,56,59-61H,17-18,24-29H2,1-16H3/t31-,32-,33+,34-,35-,36+,38+,39-,40+,41+,42-,43-,44-,46+,48-,49-,50-,51+/m1/s1. The zero-order valence-corrected chi connectivity index (χ0v) is 44.1. The Labute approximate surface area is 407 Å². The first-order valence-electron chi connectivity index (χ1n) is 25.1. The van der Waals surface area contributed by atoms with Crippen LogP contribution >= 0.6 is 0 Å². The van der Waals surface area contributed by atoms with E-state index >= 15 is 0 Å². The average molecular weight is 967 g/mol. The molecule has 17 nitrogen and oxygen atoms in total. The van der Waals surface area contributed by atoms with Crippen molar-refractivity contribution in [2.45, 2.75) is 218 Å². The molecule has 0 aromatic heterocycles. The van der Waals surface area contributed by atoms with E-state index < -0.39 is 108 Å². The molecule has 2 amide bonds. The van der Waals surface area contributed by atoms with Gasteiger partial charge in [-0.3, -0.25) is 4.79 Å². The summed E-state index contributed by atoms with van der Waals surface area (Å²) < 4.78 is 46.4. The van der Waals surface area contributed by atoms with Crippen molar-refractivity contribution in [3.63, 3.8) is 0 Å². The number of carbonyl (C=O) groups excluding carboxylic acids is 2. The maximum atomic E-state index is 14.7. The van der Waals surface area contributed by atoms with E-state index in [4.69, 9.17) is 33.2 Å². The van der Waals surface area contributed by atoms with Crippen molar-refractivity contribution < 1.29 is 63.2 Å². The summed E-state index contributed by atoms with van der Waals surface area (Å²) in [7, 11) is 5.04. The maximum absolute atomic E-state index is 14.7. The number of rotatable bonds is 14. The number of aliphatic hydroxyl groups is 4. The maximum Gasteiger partial charge on any atom is 0.320 e. The fraction of sp³-hybridized carbons (Fsp3) is 0.843. The number of hydrogen-bond donors (Lipinski definition) is 6. The molecule has 17 heteroatoms. The molecule has 0 bridgehead atoms. The van der Waals surface area contributed by atoms with Crippen LogP contribution in [0.2, 0.25) is 0 Å². The lowest BCUT2D eigenvalue weighted by molar-refractivity contribution is -0.335. The van der Waals surface area contributed by atoms with Crippen LogP contribution in [0.1, 0.15) is 122 Å². The van der Waals surface area contributed by atoms with Crippen LogP contribution < -0.4 is 15.4 Å². The highest BCUT2D eigenvalue weighted by molar-refractivity contribution is 5.74. The molecule has 0 unspecified atom stereocenters. The minimum Gasteiger partial charge on any atom is -0.483 e. The highest BCUT2D eigenvalue weighted by atomic mass is 16.7. The molecular formula is C51H90N4O13. The average Bonchev–Trinajstić information content (AvgIpc) is 3.28. The van der Waals surface area contributed by atoms with E-state index in [0.29, 0.717) is 25.3 Å². The van der Waals surface area contributed by atoms with Crippen molar-refractivity contribution in [3.8, 4) is 5.75 Å². The smallest absolute Gasteiger partial charge is 0.320 e. The summed E-state index contributed by atoms with van der Waals surface area (Å²) >= 11 is 0. The molecule has 3 fully saturated rings. The van der Waals surface area contributed by atoms with Crippen LogP contribution in [-0.2, 0) is 33.2 Å². The minimum absolute atomic E-state index is 0.0627. The van der Waals surface area contributed by atoms with Crippen LogP contribution in [0.3, 0.4) is 0 Å². The molecule has 6 N–H and O–H groups in total. The molecule has 68 heavy (non-hydrogen) atoms. The fourth-order valence-electron chi connectivity index (χ4n) is 10.5. The Morgan fingerprint density at radius 3 is 2.19 bits per heavy atom. The summed E-state index contributed by atoms with van der Waals surface area (Å²) in [5, 5.41) is 55.3. The van der Waals surface area contributed by atoms with Crippen molar-refractivity contribution in [2.24, 2.45) is 17.8 Å². The van der Waals surface area contributed by atoms with Crippen molar-refractivity contribution in [1.82, 2.24) is 20.4 Å². The summed E-state index contributed by atoms with van der Waals surface area (Å²) in [6, 6.07) is 7.75. The van der Waals surface area contributed by atoms with Gasteiger partial charge in [0.1, 0.15) is 34.8 Å². The lowest BCUT2D eigenvalue weighted by Gasteiger charge is -2.53. The summed E-state index contributed by atoms with van der Waals surface area (Å²) in [5.41, 5.74) is -6.16. The number of benzene rings is 1. The Bertz CT molecular complexity index is 1730. The molecule has 3 saturated heterocycles. The summed E-state index contributed by atoms with van der Waals surface area (Å²) in [6.45, 7) is 24.8. The molecule has 4 rings (SSSR count). The van der Waals surface area contributed by atoms with Crippen LogP contribution in [0.15, 0.2) is 30.3 Å². The van der Waals surface area contributed by atoms with Crippen molar-refractivity contribution in [2.75, 3.05) is 40.8 Å². The second kappa shape index (κ2) is 24.2. The fourth-order valence-corrected chi connectivity index (χ4v) is 10.5. The Balaban J connectivity index is 1.90. The number of amides is 2. The third-order valence-corrected chi connectivity index (χ3v) is 15.2. The first-order valence-corrected chi connectivity index (χ1v) is 25.1. The van der Waals surface area contributed by atoms with Gasteiger partial charge in [0.2, 0.25) is 0 Å². The topological polar surface area (TPSA) is 210 Å². The summed E-state index contributed by atoms with van der Waals surface area (Å²) in [6.07, 6.45) is -7.33. The molecule has 3 aliphatic rings. The molecular weight excluding hydrogens is 877 g/mol. The monoisotopic (exact) mass is 967 g/mol. The van der Waals surface area contributed by atoms with Crippen LogP contribution in [0.4, 0.5) is 4.79 Å². The molecule has 3 heterocycles. The number of likely N-dealkylation sites (N-methyl/N-ethyl adjacent to an activating group) is 1. The second-order valence-corrected chi connectivity index (χ2v) is 21.2. The predicted molar refractivity (Wildman–Crippen MR) is 259 cm³/mol. The molecule has 3 aliphatic heterocycles. The first kappa shape index (κ1) is 57.9. The molecule has 0 spiro atoms. The number of nitrogens with one attached hydrogen (secondary N) is 2. The number of esters is 1. The van der Waals surface area contributed by atoms with Crippen molar-refractivity contribution >= 4 is 12.0 Å². The molecule has 18 atom stereocenters. The van der Waals surface area contributed by atoms with E-state index in [2.05, 4.69) is 10.6 Å². The van der Waals surface area contributed by atoms with Gasteiger partial charge < -0.3 is 74.0 Å². The number of carbonyl (C=O) groups is 2. The van der Waals surface area contributed by atoms with E-state index in [1.807, 2.05) is 78.8 Å². The number of methoxy groups -OCH3 is 1. The molecule has 1 aromatic carbocycles. The minimum atomic E-state index is -1.85. The second-order valence-electron chi connectivity index (χ2n) is 21.2. The van der Waals surface area contributed by atoms with Gasteiger partial charge in [0.05, 0.1) is 42.0 Å². The predicted octanol–water partition coefficient (Wildman–Crippen LogP) is 4.85. The SMILES string of the molecule is CCCNC[C@]1(O)[C@H](C)O[C@@H](O[C@H]2[C@H](C)[C@@H](O[C@@H]3O[C@H](C)C[C@H](N(C)C(=O)N(C)C(C)C)[C@H]3Oc3ccccc3)[C@](C)(O)C[C@@H](C)CN[C@H](C)[C@@H](O)[C@](C)(O)[C@@H](CC)OC(=O)[C@@H]2C)C[C@@]1(C)OC. The van der Waals surface area contributed by atoms with Crippen LogP contribution in [0.5, 0.6) is 5.75 Å². The van der Waals surface area contributed by atoms with Crippen LogP contribution in [0.25, 0.3) is 0 Å². The van der Waals surface area contributed by atoms with Gasteiger partial charge in [-0.15, -0.1) is 0 Å². The van der Waals surface area contributed by atoms with E-state index in [0.717, 1.165) is 6.42 Å². The van der Waals surface area contributed by atoms with E-state index in [9.17, 15) is 30.0 Å². The van der Waals surface area contributed by atoms with E-state index in [-0.39, 0.29) is 43.8 Å². The van der Waals surface area contributed by atoms with E-state index in [1.54, 1.807) is 58.5 Å². The van der Waals surface area contributed by atoms with Crippen LogP contribution in [0, 0.1) is 17.8 Å². The molecule has 0 radical (unpaired) electrons. The first-order chi connectivity index (χ1) is 31.7. The number of urea groups is 1. The highest BCUT2D eigenvalue weighted by Gasteiger charge is 2.58. The van der Waals surface area contributed by atoms with Gasteiger partial charge in [-0.25, -0.2) is 4.79 Å². The van der Waals surface area contributed by atoms with Crippen molar-refractivity contribution in [1.29, 1.82) is 0 Å². The highest BCUT2D eigenvalue weighted by Crippen LogP contribution is 2.43. The third kappa shape index (κ3) is 13.2. The van der Waals surface area contributed by atoms with Gasteiger partial charge in [-0.2, -0.15) is 0 Å². The normalized spacial score (nSPS) is 41.3. The van der Waals surface area contributed by atoms with Gasteiger partial charge in [0.15, 0.2) is 18.7 Å². The van der Waals surface area contributed by atoms with Gasteiger partial charge in [0.25, 0.3) is 0 Å². The Morgan fingerprint density at radius 2 is 1.60 bits per heavy atom.